The van der Waals surface area contributed by atoms with E-state index < -0.39 is 5.82 Å². The van der Waals surface area contributed by atoms with Crippen molar-refractivity contribution in [1.82, 2.24) is 0 Å². The summed E-state index contributed by atoms with van der Waals surface area (Å²) in [6.45, 7) is 0.628. The number of anilines is 1. The normalized spacial score (nSPS) is 10.7. The van der Waals surface area contributed by atoms with Crippen LogP contribution in [0.4, 0.5) is 14.5 Å². The Morgan fingerprint density at radius 3 is 2.41 bits per heavy atom. The molecule has 0 saturated heterocycles. The van der Waals surface area contributed by atoms with Crippen molar-refractivity contribution in [1.29, 1.82) is 0 Å². The van der Waals surface area contributed by atoms with Crippen molar-refractivity contribution < 1.29 is 18.3 Å². The molecule has 4 nitrogen and oxygen atoms in total. The van der Waals surface area contributed by atoms with Crippen molar-refractivity contribution in [3.05, 3.63) is 107 Å². The van der Waals surface area contributed by atoms with Gasteiger partial charge in [-0.15, -0.1) is 0 Å². The zero-order valence-corrected chi connectivity index (χ0v) is 18.8. The molecule has 1 amide bonds. The van der Waals surface area contributed by atoms with Crippen molar-refractivity contribution in [3.8, 4) is 28.0 Å². The zero-order valence-electron chi connectivity index (χ0n) is 18.0. The summed E-state index contributed by atoms with van der Waals surface area (Å²) in [6, 6.07) is 22.2. The fourth-order valence-corrected chi connectivity index (χ4v) is 3.67. The number of hydrogen-bond donors (Lipinski definition) is 2. The maximum absolute atomic E-state index is 14.3. The molecule has 0 aliphatic carbocycles. The first-order valence-corrected chi connectivity index (χ1v) is 10.9. The second-order valence-corrected chi connectivity index (χ2v) is 7.95. The van der Waals surface area contributed by atoms with Gasteiger partial charge in [-0.25, -0.2) is 8.78 Å². The Hall–Kier alpha value is -3.74. The first-order valence-electron chi connectivity index (χ1n) is 10.5. The van der Waals surface area contributed by atoms with Gasteiger partial charge in [0.15, 0.2) is 0 Å². The topological polar surface area (TPSA) is 64.3 Å². The predicted octanol–water partition coefficient (Wildman–Crippen LogP) is 6.54. The quantitative estimate of drug-likeness (QED) is 0.317. The second-order valence-electron chi connectivity index (χ2n) is 7.51. The van der Waals surface area contributed by atoms with E-state index in [0.29, 0.717) is 57.4 Å². The smallest absolute Gasteiger partial charge is 0.255 e. The van der Waals surface area contributed by atoms with Crippen LogP contribution >= 0.6 is 11.6 Å². The lowest BCUT2D eigenvalue weighted by Gasteiger charge is -2.14. The van der Waals surface area contributed by atoms with Gasteiger partial charge in [-0.3, -0.25) is 4.79 Å². The lowest BCUT2D eigenvalue weighted by atomic mass is 10.0. The van der Waals surface area contributed by atoms with E-state index in [-0.39, 0.29) is 11.7 Å². The van der Waals surface area contributed by atoms with Gasteiger partial charge < -0.3 is 15.8 Å². The zero-order chi connectivity index (χ0) is 24.1. The van der Waals surface area contributed by atoms with Crippen LogP contribution in [0.3, 0.4) is 0 Å². The number of nitrogens with one attached hydrogen (secondary N) is 1. The largest absolute Gasteiger partial charge is 0.492 e. The van der Waals surface area contributed by atoms with E-state index in [1.807, 2.05) is 0 Å². The monoisotopic (exact) mass is 478 g/mol. The fourth-order valence-electron chi connectivity index (χ4n) is 3.51. The van der Waals surface area contributed by atoms with Crippen LogP contribution in [-0.4, -0.2) is 19.1 Å². The van der Waals surface area contributed by atoms with E-state index in [9.17, 15) is 13.6 Å². The van der Waals surface area contributed by atoms with Crippen LogP contribution in [0.15, 0.2) is 84.9 Å². The van der Waals surface area contributed by atoms with Crippen molar-refractivity contribution in [3.63, 3.8) is 0 Å². The first kappa shape index (κ1) is 23.4. The summed E-state index contributed by atoms with van der Waals surface area (Å²) in [7, 11) is 0. The molecule has 7 heteroatoms. The molecule has 4 aromatic carbocycles. The van der Waals surface area contributed by atoms with Crippen LogP contribution in [-0.2, 0) is 0 Å². The molecule has 0 spiro atoms. The average Bonchev–Trinajstić information content (AvgIpc) is 2.83. The maximum atomic E-state index is 14.3. The summed E-state index contributed by atoms with van der Waals surface area (Å²) >= 11 is 5.85. The summed E-state index contributed by atoms with van der Waals surface area (Å²) in [4.78, 5) is 13.0. The number of amides is 1. The molecule has 0 radical (unpaired) electrons. The molecule has 0 atom stereocenters. The molecule has 0 aromatic heterocycles. The Morgan fingerprint density at radius 2 is 1.68 bits per heavy atom. The standard InChI is InChI=1S/C27H21ClF2N2O2/c28-20-7-10-23(25(30)16-20)18-2-1-3-22(14-18)32-27(33)19-6-11-26(34-13-12-31)24(15-19)17-4-8-21(29)9-5-17/h1-11,14-16H,12-13,31H2,(H,32,33). The lowest BCUT2D eigenvalue weighted by molar-refractivity contribution is 0.102. The van der Waals surface area contributed by atoms with E-state index in [4.69, 9.17) is 22.1 Å². The van der Waals surface area contributed by atoms with Crippen LogP contribution in [0.5, 0.6) is 5.75 Å². The van der Waals surface area contributed by atoms with Crippen LogP contribution < -0.4 is 15.8 Å². The van der Waals surface area contributed by atoms with E-state index in [2.05, 4.69) is 5.32 Å². The Labute approximate surface area is 200 Å². The molecule has 4 aromatic rings. The summed E-state index contributed by atoms with van der Waals surface area (Å²) in [6.07, 6.45) is 0. The van der Waals surface area contributed by atoms with Crippen molar-refractivity contribution >= 4 is 23.2 Å². The minimum Gasteiger partial charge on any atom is -0.492 e. The summed E-state index contributed by atoms with van der Waals surface area (Å²) in [5.41, 5.74) is 8.74. The minimum atomic E-state index is -0.451. The highest BCUT2D eigenvalue weighted by Crippen LogP contribution is 2.32. The molecule has 0 saturated carbocycles. The molecular weight excluding hydrogens is 458 g/mol. The molecule has 0 bridgehead atoms. The molecule has 0 heterocycles. The number of rotatable bonds is 7. The maximum Gasteiger partial charge on any atom is 0.255 e. The third-order valence-electron chi connectivity index (χ3n) is 5.13. The van der Waals surface area contributed by atoms with Gasteiger partial charge in [0.25, 0.3) is 5.91 Å². The van der Waals surface area contributed by atoms with Crippen LogP contribution in [0.25, 0.3) is 22.3 Å². The molecule has 0 aliphatic rings. The number of halogens is 3. The Morgan fingerprint density at radius 1 is 0.882 bits per heavy atom. The SMILES string of the molecule is NCCOc1ccc(C(=O)Nc2cccc(-c3ccc(Cl)cc3F)c2)cc1-c1ccc(F)cc1. The Bertz CT molecular complexity index is 1330. The number of benzene rings is 4. The third kappa shape index (κ3) is 5.42. The molecule has 3 N–H and O–H groups in total. The number of nitrogens with two attached hydrogens (primary N) is 1. The molecule has 4 rings (SSSR count). The van der Waals surface area contributed by atoms with Crippen LogP contribution in [0.2, 0.25) is 5.02 Å². The molecule has 0 fully saturated rings. The van der Waals surface area contributed by atoms with Crippen molar-refractivity contribution in [2.75, 3.05) is 18.5 Å². The van der Waals surface area contributed by atoms with Gasteiger partial charge in [0.1, 0.15) is 24.0 Å². The average molecular weight is 479 g/mol. The van der Waals surface area contributed by atoms with Gasteiger partial charge in [0.2, 0.25) is 0 Å². The van der Waals surface area contributed by atoms with Gasteiger partial charge >= 0.3 is 0 Å². The van der Waals surface area contributed by atoms with Gasteiger partial charge in [-0.1, -0.05) is 35.9 Å². The highest BCUT2D eigenvalue weighted by atomic mass is 35.5. The predicted molar refractivity (Wildman–Crippen MR) is 131 cm³/mol. The minimum absolute atomic E-state index is 0.299. The third-order valence-corrected chi connectivity index (χ3v) is 5.37. The van der Waals surface area contributed by atoms with E-state index in [1.54, 1.807) is 66.7 Å². The summed E-state index contributed by atoms with van der Waals surface area (Å²) in [5.74, 6) is -0.636. The van der Waals surface area contributed by atoms with E-state index >= 15 is 0 Å². The molecule has 172 valence electrons. The first-order chi connectivity index (χ1) is 16.4. The lowest BCUT2D eigenvalue weighted by Crippen LogP contribution is -2.13. The number of carbonyl (C=O) groups is 1. The second kappa shape index (κ2) is 10.5. The van der Waals surface area contributed by atoms with Gasteiger partial charge in [-0.05, 0) is 71.8 Å². The summed E-state index contributed by atoms with van der Waals surface area (Å²) in [5, 5.41) is 3.15. The van der Waals surface area contributed by atoms with Crippen LogP contribution in [0.1, 0.15) is 10.4 Å². The highest BCUT2D eigenvalue weighted by molar-refractivity contribution is 6.30. The number of carbonyl (C=O) groups excluding carboxylic acids is 1. The van der Waals surface area contributed by atoms with Gasteiger partial charge in [-0.2, -0.15) is 0 Å². The van der Waals surface area contributed by atoms with Crippen molar-refractivity contribution in [2.24, 2.45) is 5.73 Å². The van der Waals surface area contributed by atoms with Gasteiger partial charge in [0.05, 0.1) is 0 Å². The number of hydrogen-bond acceptors (Lipinski definition) is 3. The highest BCUT2D eigenvalue weighted by Gasteiger charge is 2.14. The molecule has 0 unspecified atom stereocenters. The van der Waals surface area contributed by atoms with E-state index in [1.165, 1.54) is 18.2 Å². The summed E-state index contributed by atoms with van der Waals surface area (Å²) < 4.78 is 33.5. The molecule has 34 heavy (non-hydrogen) atoms. The Balaban J connectivity index is 1.62. The number of ether oxygens (including phenoxy) is 1. The molecular formula is C27H21ClF2N2O2. The fraction of sp³-hybridized carbons (Fsp3) is 0.0741. The van der Waals surface area contributed by atoms with Crippen molar-refractivity contribution in [2.45, 2.75) is 0 Å². The van der Waals surface area contributed by atoms with Gasteiger partial charge in [0, 0.05) is 33.9 Å². The molecule has 0 aliphatic heterocycles. The van der Waals surface area contributed by atoms with E-state index in [0.717, 1.165) is 0 Å². The Kier molecular flexibility index (Phi) is 7.21. The van der Waals surface area contributed by atoms with Crippen LogP contribution in [0, 0.1) is 11.6 Å².